The summed E-state index contributed by atoms with van der Waals surface area (Å²) in [4.78, 5) is 13.6. The van der Waals surface area contributed by atoms with Gasteiger partial charge >= 0.3 is 0 Å². The number of ether oxygens (including phenoxy) is 1. The maximum Gasteiger partial charge on any atom is 0.137 e. The second-order valence-corrected chi connectivity index (χ2v) is 15.0. The van der Waals surface area contributed by atoms with Gasteiger partial charge in [0.25, 0.3) is 0 Å². The minimum atomic E-state index is -0.0646. The van der Waals surface area contributed by atoms with E-state index in [9.17, 15) is 9.90 Å². The van der Waals surface area contributed by atoms with Crippen LogP contribution in [0.2, 0.25) is 0 Å². The first-order valence-electron chi connectivity index (χ1n) is 14.3. The number of Topliss-reactive ketones (excluding diaryl/α,β-unsaturated/α-hetero) is 1. The fraction of sp³-hybridized carbons (Fsp3) is 0.903. The predicted octanol–water partition coefficient (Wildman–Crippen LogP) is 7.27. The third kappa shape index (κ3) is 4.11. The lowest BCUT2D eigenvalue weighted by Gasteiger charge is -2.70. The van der Waals surface area contributed by atoms with E-state index >= 15 is 0 Å². The van der Waals surface area contributed by atoms with Gasteiger partial charge < -0.3 is 9.84 Å². The van der Waals surface area contributed by atoms with Crippen LogP contribution >= 0.6 is 12.6 Å². The van der Waals surface area contributed by atoms with Crippen LogP contribution in [0.25, 0.3) is 0 Å². The number of aliphatic hydroxyl groups excluding tert-OH is 1. The highest BCUT2D eigenvalue weighted by Gasteiger charge is 2.71. The van der Waals surface area contributed by atoms with Crippen molar-refractivity contribution in [3.63, 3.8) is 0 Å². The number of fused-ring (bicyclic) bond motifs is 5. The van der Waals surface area contributed by atoms with Crippen molar-refractivity contribution in [2.75, 3.05) is 6.61 Å². The van der Waals surface area contributed by atoms with Crippen molar-refractivity contribution in [2.24, 2.45) is 45.3 Å². The molecular weight excluding hydrogens is 452 g/mol. The van der Waals surface area contributed by atoms with E-state index < -0.39 is 0 Å². The first kappa shape index (κ1) is 27.7. The Kier molecular flexibility index (Phi) is 7.48. The molecule has 0 radical (unpaired) electrons. The standard InChI is InChI=1S/C31H52O3S/c1-19(2)9-11-23(35)27-21-10-12-25-29(7,30(21,8)17-22(27)33)15-13-24-28(5,6)26(34-20(3)4)14-16-31(24,25)18-32/h9,20-21,23-27,32,35H,10-18H2,1-8H3. The van der Waals surface area contributed by atoms with Gasteiger partial charge in [-0.25, -0.2) is 0 Å². The topological polar surface area (TPSA) is 46.5 Å². The Hall–Kier alpha value is -0.320. The zero-order valence-electron chi connectivity index (χ0n) is 23.7. The Morgan fingerprint density at radius 3 is 2.34 bits per heavy atom. The molecule has 0 aromatic heterocycles. The average Bonchev–Trinajstić information content (AvgIpc) is 3.04. The third-order valence-corrected chi connectivity index (χ3v) is 12.4. The van der Waals surface area contributed by atoms with Crippen LogP contribution in [0.4, 0.5) is 0 Å². The zero-order chi connectivity index (χ0) is 26.0. The highest BCUT2D eigenvalue weighted by Crippen LogP contribution is 2.75. The van der Waals surface area contributed by atoms with Crippen molar-refractivity contribution in [2.45, 2.75) is 124 Å². The number of rotatable bonds is 6. The summed E-state index contributed by atoms with van der Waals surface area (Å²) in [6.45, 7) is 18.5. The monoisotopic (exact) mass is 504 g/mol. The van der Waals surface area contributed by atoms with Gasteiger partial charge in [-0.15, -0.1) is 0 Å². The molecule has 0 aromatic carbocycles. The van der Waals surface area contributed by atoms with Crippen LogP contribution in [0.1, 0.15) is 107 Å². The molecule has 200 valence electrons. The zero-order valence-corrected chi connectivity index (χ0v) is 24.6. The quantitative estimate of drug-likeness (QED) is 0.295. The SMILES string of the molecule is CC(C)=CCC(S)C1C(=O)CC2(C)C1CCC1C3(CO)CCC(OC(C)C)C(C)(C)C3CCC12C. The minimum absolute atomic E-state index is 0.00775. The van der Waals surface area contributed by atoms with Gasteiger partial charge in [-0.3, -0.25) is 4.79 Å². The van der Waals surface area contributed by atoms with Crippen molar-refractivity contribution in [1.29, 1.82) is 0 Å². The van der Waals surface area contributed by atoms with E-state index in [0.29, 0.717) is 30.0 Å². The molecule has 0 bridgehead atoms. The van der Waals surface area contributed by atoms with Gasteiger partial charge in [-0.1, -0.05) is 39.3 Å². The van der Waals surface area contributed by atoms with E-state index in [1.54, 1.807) is 0 Å². The molecule has 0 spiro atoms. The summed E-state index contributed by atoms with van der Waals surface area (Å²) in [6.07, 6.45) is 10.9. The third-order valence-electron chi connectivity index (χ3n) is 11.9. The number of carbonyl (C=O) groups excluding carboxylic acids is 1. The van der Waals surface area contributed by atoms with E-state index in [-0.39, 0.29) is 51.6 Å². The van der Waals surface area contributed by atoms with Crippen molar-refractivity contribution < 1.29 is 14.6 Å². The van der Waals surface area contributed by atoms with E-state index in [1.165, 1.54) is 5.57 Å². The smallest absolute Gasteiger partial charge is 0.137 e. The molecule has 4 saturated carbocycles. The Balaban J connectivity index is 1.67. The van der Waals surface area contributed by atoms with Gasteiger partial charge in [0.2, 0.25) is 0 Å². The molecule has 4 heteroatoms. The fourth-order valence-corrected chi connectivity index (χ4v) is 10.6. The van der Waals surface area contributed by atoms with Gasteiger partial charge in [-0.2, -0.15) is 12.6 Å². The molecule has 4 aliphatic rings. The summed E-state index contributed by atoms with van der Waals surface area (Å²) in [6, 6.07) is 0. The maximum atomic E-state index is 13.6. The number of hydrogen-bond donors (Lipinski definition) is 2. The number of ketones is 1. The molecule has 4 fully saturated rings. The van der Waals surface area contributed by atoms with Crippen LogP contribution < -0.4 is 0 Å². The van der Waals surface area contributed by atoms with Gasteiger partial charge in [-0.05, 0) is 107 Å². The number of thiol groups is 1. The van der Waals surface area contributed by atoms with Crippen molar-refractivity contribution in [1.82, 2.24) is 0 Å². The van der Waals surface area contributed by atoms with Crippen molar-refractivity contribution >= 4 is 18.4 Å². The van der Waals surface area contributed by atoms with Gasteiger partial charge in [0.05, 0.1) is 12.2 Å². The van der Waals surface area contributed by atoms with E-state index in [2.05, 4.69) is 61.5 Å². The molecular formula is C31H52O3S. The van der Waals surface area contributed by atoms with Crippen LogP contribution in [0, 0.1) is 45.3 Å². The Labute approximate surface area is 220 Å². The van der Waals surface area contributed by atoms with Crippen LogP contribution in [0.15, 0.2) is 11.6 Å². The van der Waals surface area contributed by atoms with Crippen molar-refractivity contribution in [3.8, 4) is 0 Å². The number of hydrogen-bond acceptors (Lipinski definition) is 4. The van der Waals surface area contributed by atoms with Crippen LogP contribution in [-0.4, -0.2) is 35.0 Å². The molecule has 1 N–H and O–H groups in total. The number of aliphatic hydroxyl groups is 1. The summed E-state index contributed by atoms with van der Waals surface area (Å²) < 4.78 is 6.45. The molecule has 0 saturated heterocycles. The summed E-state index contributed by atoms with van der Waals surface area (Å²) in [7, 11) is 0. The highest BCUT2D eigenvalue weighted by atomic mass is 32.1. The molecule has 4 aliphatic carbocycles. The van der Waals surface area contributed by atoms with Crippen LogP contribution in [0.3, 0.4) is 0 Å². The maximum absolute atomic E-state index is 13.6. The second kappa shape index (κ2) is 9.45. The lowest BCUT2D eigenvalue weighted by molar-refractivity contribution is -0.247. The molecule has 0 aliphatic heterocycles. The van der Waals surface area contributed by atoms with E-state index in [0.717, 1.165) is 44.9 Å². The minimum Gasteiger partial charge on any atom is -0.396 e. The number of allylic oxidation sites excluding steroid dienone is 2. The molecule has 0 amide bonds. The summed E-state index contributed by atoms with van der Waals surface area (Å²) >= 11 is 5.01. The lowest BCUT2D eigenvalue weighted by atomic mass is 9.35. The normalized spacial score (nSPS) is 45.5. The fourth-order valence-electron chi connectivity index (χ4n) is 10.1. The largest absolute Gasteiger partial charge is 0.396 e. The van der Waals surface area contributed by atoms with Crippen molar-refractivity contribution in [3.05, 3.63) is 11.6 Å². The molecule has 35 heavy (non-hydrogen) atoms. The first-order chi connectivity index (χ1) is 16.2. The molecule has 9 atom stereocenters. The first-order valence-corrected chi connectivity index (χ1v) is 14.9. The average molecular weight is 505 g/mol. The Bertz CT molecular complexity index is 844. The molecule has 9 unspecified atom stereocenters. The molecule has 4 rings (SSSR count). The van der Waals surface area contributed by atoms with E-state index in [1.807, 2.05) is 0 Å². The molecule has 0 heterocycles. The van der Waals surface area contributed by atoms with Gasteiger partial charge in [0.1, 0.15) is 5.78 Å². The van der Waals surface area contributed by atoms with E-state index in [4.69, 9.17) is 17.4 Å². The summed E-state index contributed by atoms with van der Waals surface area (Å²) in [5.74, 6) is 1.83. The Morgan fingerprint density at radius 1 is 1.06 bits per heavy atom. The van der Waals surface area contributed by atoms with Gasteiger partial charge in [0.15, 0.2) is 0 Å². The van der Waals surface area contributed by atoms with Gasteiger partial charge in [0, 0.05) is 29.6 Å². The second-order valence-electron chi connectivity index (χ2n) is 14.3. The summed E-state index contributed by atoms with van der Waals surface area (Å²) in [5.41, 5.74) is 1.34. The summed E-state index contributed by atoms with van der Waals surface area (Å²) in [5, 5.41) is 11.2. The lowest BCUT2D eigenvalue weighted by Crippen LogP contribution is -2.66. The van der Waals surface area contributed by atoms with Crippen LogP contribution in [-0.2, 0) is 9.53 Å². The number of carbonyl (C=O) groups is 1. The Morgan fingerprint density at radius 2 is 1.74 bits per heavy atom. The molecule has 3 nitrogen and oxygen atoms in total. The highest BCUT2D eigenvalue weighted by molar-refractivity contribution is 7.81. The van der Waals surface area contributed by atoms with Crippen LogP contribution in [0.5, 0.6) is 0 Å². The molecule has 0 aromatic rings. The predicted molar refractivity (Wildman–Crippen MR) is 148 cm³/mol.